The van der Waals surface area contributed by atoms with Crippen LogP contribution >= 0.6 is 24.0 Å². The third-order valence-corrected chi connectivity index (χ3v) is 3.26. The van der Waals surface area contributed by atoms with Crippen molar-refractivity contribution in [2.75, 3.05) is 34.3 Å². The molecule has 0 saturated carbocycles. The lowest BCUT2D eigenvalue weighted by atomic mass is 10.1. The minimum atomic E-state index is 0. The van der Waals surface area contributed by atoms with Gasteiger partial charge in [0.25, 0.3) is 0 Å². The van der Waals surface area contributed by atoms with Crippen LogP contribution in [0.2, 0.25) is 5.02 Å². The molecule has 0 radical (unpaired) electrons. The van der Waals surface area contributed by atoms with Crippen molar-refractivity contribution in [3.8, 4) is 5.75 Å². The lowest BCUT2D eigenvalue weighted by molar-refractivity contribution is -0.129. The zero-order chi connectivity index (χ0) is 14.3. The topological polar surface area (TPSA) is 41.6 Å². The molecule has 1 N–H and O–H groups in total. The Hall–Kier alpha value is -0.970. The maximum absolute atomic E-state index is 11.9. The monoisotopic (exact) mass is 320 g/mol. The van der Waals surface area contributed by atoms with Crippen LogP contribution < -0.4 is 10.1 Å². The highest BCUT2D eigenvalue weighted by Gasteiger charge is 2.09. The van der Waals surface area contributed by atoms with E-state index in [2.05, 4.69) is 5.32 Å². The molecule has 0 fully saturated rings. The number of hydrogen-bond donors (Lipinski definition) is 1. The van der Waals surface area contributed by atoms with Crippen molar-refractivity contribution < 1.29 is 9.53 Å². The zero-order valence-corrected chi connectivity index (χ0v) is 13.7. The first kappa shape index (κ1) is 19.0. The van der Waals surface area contributed by atoms with Crippen LogP contribution in [0.15, 0.2) is 18.2 Å². The highest BCUT2D eigenvalue weighted by atomic mass is 35.5. The normalized spacial score (nSPS) is 9.80. The molecule has 1 amide bonds. The van der Waals surface area contributed by atoms with Gasteiger partial charge in [-0.25, -0.2) is 0 Å². The second-order valence-corrected chi connectivity index (χ2v) is 4.79. The van der Waals surface area contributed by atoms with E-state index in [0.29, 0.717) is 23.6 Å². The summed E-state index contributed by atoms with van der Waals surface area (Å²) in [6.07, 6.45) is 1.18. The lowest BCUT2D eigenvalue weighted by Crippen LogP contribution is -2.32. The Morgan fingerprint density at radius 1 is 1.45 bits per heavy atom. The van der Waals surface area contributed by atoms with Crippen molar-refractivity contribution in [1.29, 1.82) is 0 Å². The van der Waals surface area contributed by atoms with Gasteiger partial charge in [0.1, 0.15) is 5.75 Å². The predicted octanol–water partition coefficient (Wildman–Crippen LogP) is 2.38. The Labute approximate surface area is 131 Å². The molecule has 0 aliphatic carbocycles. The summed E-state index contributed by atoms with van der Waals surface area (Å²) in [6.45, 7) is 1.52. The number of nitrogens with one attached hydrogen (secondary N) is 1. The largest absolute Gasteiger partial charge is 0.495 e. The third kappa shape index (κ3) is 5.99. The molecule has 0 heterocycles. The molecular weight excluding hydrogens is 299 g/mol. The van der Waals surface area contributed by atoms with Gasteiger partial charge < -0.3 is 15.0 Å². The fourth-order valence-electron chi connectivity index (χ4n) is 1.71. The van der Waals surface area contributed by atoms with Gasteiger partial charge in [0.2, 0.25) is 5.91 Å². The molecule has 1 aromatic carbocycles. The van der Waals surface area contributed by atoms with E-state index >= 15 is 0 Å². The van der Waals surface area contributed by atoms with Crippen molar-refractivity contribution in [2.24, 2.45) is 0 Å². The molecule has 4 nitrogen and oxygen atoms in total. The molecule has 0 spiro atoms. The smallest absolute Gasteiger partial charge is 0.222 e. The average molecular weight is 321 g/mol. The van der Waals surface area contributed by atoms with Crippen LogP contribution in [-0.2, 0) is 11.2 Å². The molecule has 0 bridgehead atoms. The molecule has 1 rings (SSSR count). The summed E-state index contributed by atoms with van der Waals surface area (Å²) in [6, 6.07) is 5.61. The van der Waals surface area contributed by atoms with Gasteiger partial charge in [0.15, 0.2) is 0 Å². The van der Waals surface area contributed by atoms with E-state index in [4.69, 9.17) is 16.3 Å². The number of halogens is 2. The number of carbonyl (C=O) groups is 1. The lowest BCUT2D eigenvalue weighted by Gasteiger charge is -2.16. The van der Waals surface area contributed by atoms with Crippen LogP contribution in [0, 0.1) is 0 Å². The number of ether oxygens (including phenoxy) is 1. The number of hydrogen-bond acceptors (Lipinski definition) is 3. The number of benzene rings is 1. The Kier molecular flexibility index (Phi) is 9.38. The third-order valence-electron chi connectivity index (χ3n) is 2.97. The molecule has 6 heteroatoms. The summed E-state index contributed by atoms with van der Waals surface area (Å²) in [5.74, 6) is 0.796. The molecule has 0 aliphatic rings. The standard InChI is InChI=1S/C14H21ClN2O2.ClH/c1-16-8-9-17(2)14(18)7-5-11-4-6-13(19-3)12(15)10-11;/h4,6,10,16H,5,7-9H2,1-3H3;1H. The Morgan fingerprint density at radius 2 is 2.15 bits per heavy atom. The van der Waals surface area contributed by atoms with Gasteiger partial charge >= 0.3 is 0 Å². The number of amides is 1. The van der Waals surface area contributed by atoms with Gasteiger partial charge in [-0.15, -0.1) is 12.4 Å². The van der Waals surface area contributed by atoms with E-state index < -0.39 is 0 Å². The van der Waals surface area contributed by atoms with E-state index in [1.807, 2.05) is 32.3 Å². The Morgan fingerprint density at radius 3 is 2.70 bits per heavy atom. The maximum Gasteiger partial charge on any atom is 0.222 e. The molecule has 0 aliphatic heterocycles. The van der Waals surface area contributed by atoms with E-state index in [-0.39, 0.29) is 18.3 Å². The Balaban J connectivity index is 0.00000361. The number of carbonyl (C=O) groups excluding carboxylic acids is 1. The molecule has 114 valence electrons. The first-order valence-electron chi connectivity index (χ1n) is 6.29. The summed E-state index contributed by atoms with van der Waals surface area (Å²) in [5, 5.41) is 3.60. The van der Waals surface area contributed by atoms with Crippen molar-refractivity contribution in [1.82, 2.24) is 10.2 Å². The van der Waals surface area contributed by atoms with Crippen LogP contribution in [0.25, 0.3) is 0 Å². The van der Waals surface area contributed by atoms with Crippen LogP contribution in [0.1, 0.15) is 12.0 Å². The van der Waals surface area contributed by atoms with E-state index in [1.165, 1.54) is 0 Å². The van der Waals surface area contributed by atoms with Gasteiger partial charge in [0, 0.05) is 26.6 Å². The molecule has 0 atom stereocenters. The highest BCUT2D eigenvalue weighted by Crippen LogP contribution is 2.25. The van der Waals surface area contributed by atoms with Crippen molar-refractivity contribution in [3.63, 3.8) is 0 Å². The number of likely N-dealkylation sites (N-methyl/N-ethyl adjacent to an activating group) is 2. The molecule has 1 aromatic rings. The Bertz CT molecular complexity index is 428. The quantitative estimate of drug-likeness (QED) is 0.838. The number of aryl methyl sites for hydroxylation is 1. The summed E-state index contributed by atoms with van der Waals surface area (Å²) in [5.41, 5.74) is 1.04. The van der Waals surface area contributed by atoms with Crippen LogP contribution in [0.5, 0.6) is 5.75 Å². The van der Waals surface area contributed by atoms with Gasteiger partial charge in [-0.3, -0.25) is 4.79 Å². The maximum atomic E-state index is 11.9. The fraction of sp³-hybridized carbons (Fsp3) is 0.500. The van der Waals surface area contributed by atoms with Gasteiger partial charge in [-0.2, -0.15) is 0 Å². The zero-order valence-electron chi connectivity index (χ0n) is 12.1. The minimum Gasteiger partial charge on any atom is -0.495 e. The second kappa shape index (κ2) is 9.86. The second-order valence-electron chi connectivity index (χ2n) is 4.39. The highest BCUT2D eigenvalue weighted by molar-refractivity contribution is 6.32. The van der Waals surface area contributed by atoms with Gasteiger partial charge in [-0.05, 0) is 31.2 Å². The van der Waals surface area contributed by atoms with E-state index in [0.717, 1.165) is 18.7 Å². The number of rotatable bonds is 7. The first-order valence-corrected chi connectivity index (χ1v) is 6.67. The minimum absolute atomic E-state index is 0. The number of methoxy groups -OCH3 is 1. The van der Waals surface area contributed by atoms with Crippen molar-refractivity contribution in [3.05, 3.63) is 28.8 Å². The molecule has 0 saturated heterocycles. The summed E-state index contributed by atoms with van der Waals surface area (Å²) < 4.78 is 5.09. The van der Waals surface area contributed by atoms with Gasteiger partial charge in [0.05, 0.1) is 12.1 Å². The number of nitrogens with zero attached hydrogens (tertiary/aromatic N) is 1. The van der Waals surface area contributed by atoms with Crippen molar-refractivity contribution >= 4 is 29.9 Å². The van der Waals surface area contributed by atoms with Crippen LogP contribution in [0.4, 0.5) is 0 Å². The fourth-order valence-corrected chi connectivity index (χ4v) is 1.99. The van der Waals surface area contributed by atoms with Crippen LogP contribution in [-0.4, -0.2) is 45.1 Å². The summed E-state index contributed by atoms with van der Waals surface area (Å²) in [7, 11) is 5.28. The van der Waals surface area contributed by atoms with Crippen LogP contribution in [0.3, 0.4) is 0 Å². The summed E-state index contributed by atoms with van der Waals surface area (Å²) in [4.78, 5) is 13.6. The average Bonchev–Trinajstić information content (AvgIpc) is 2.42. The molecule has 0 aromatic heterocycles. The SMILES string of the molecule is CNCCN(C)C(=O)CCc1ccc(OC)c(Cl)c1.Cl. The summed E-state index contributed by atoms with van der Waals surface area (Å²) >= 11 is 6.05. The van der Waals surface area contributed by atoms with E-state index in [1.54, 1.807) is 12.0 Å². The first-order chi connectivity index (χ1) is 9.08. The molecule has 0 unspecified atom stereocenters. The van der Waals surface area contributed by atoms with E-state index in [9.17, 15) is 4.79 Å². The van der Waals surface area contributed by atoms with Gasteiger partial charge in [-0.1, -0.05) is 17.7 Å². The predicted molar refractivity (Wildman–Crippen MR) is 85.1 cm³/mol. The molecule has 20 heavy (non-hydrogen) atoms. The van der Waals surface area contributed by atoms with Crippen molar-refractivity contribution in [2.45, 2.75) is 12.8 Å². The molecular formula is C14H22Cl2N2O2.